The van der Waals surface area contributed by atoms with Crippen LogP contribution in [0.5, 0.6) is 5.75 Å². The number of methoxy groups -OCH3 is 1. The maximum atomic E-state index is 12.1. The van der Waals surface area contributed by atoms with Gasteiger partial charge in [0.05, 0.1) is 12.1 Å². The van der Waals surface area contributed by atoms with Crippen LogP contribution < -0.4 is 10.4 Å². The van der Waals surface area contributed by atoms with E-state index >= 15 is 0 Å². The number of halogens is 1. The molecule has 0 N–H and O–H groups in total. The first-order chi connectivity index (χ1) is 12.0. The molecule has 0 amide bonds. The highest BCUT2D eigenvalue weighted by atomic mass is 35.5. The zero-order valence-electron chi connectivity index (χ0n) is 13.6. The summed E-state index contributed by atoms with van der Waals surface area (Å²) in [5.74, 6) is -0.338. The number of carbonyl (C=O) groups is 1. The minimum atomic E-state index is -0.988. The summed E-state index contributed by atoms with van der Waals surface area (Å²) in [4.78, 5) is 23.7. The van der Waals surface area contributed by atoms with Gasteiger partial charge in [-0.3, -0.25) is 0 Å². The van der Waals surface area contributed by atoms with E-state index in [1.165, 1.54) is 19.2 Å². The molecule has 0 aliphatic heterocycles. The van der Waals surface area contributed by atoms with E-state index in [0.29, 0.717) is 21.6 Å². The third-order valence-electron chi connectivity index (χ3n) is 3.77. The average Bonchev–Trinajstić information content (AvgIpc) is 2.60. The van der Waals surface area contributed by atoms with Crippen LogP contribution in [-0.4, -0.2) is 13.1 Å². The predicted octanol–water partition coefficient (Wildman–Crippen LogP) is 4.05. The molecule has 25 heavy (non-hydrogen) atoms. The molecule has 0 aliphatic carbocycles. The van der Waals surface area contributed by atoms with Crippen LogP contribution in [0.3, 0.4) is 0 Å². The summed E-state index contributed by atoms with van der Waals surface area (Å²) in [6, 6.07) is 13.5. The second kappa shape index (κ2) is 6.99. The number of fused-ring (bicyclic) bond motifs is 1. The first kappa shape index (κ1) is 17.0. The Morgan fingerprint density at radius 1 is 1.16 bits per heavy atom. The van der Waals surface area contributed by atoms with Crippen molar-refractivity contribution in [1.82, 2.24) is 0 Å². The van der Waals surface area contributed by atoms with Crippen molar-refractivity contribution in [2.24, 2.45) is 0 Å². The minimum absolute atomic E-state index is 0.224. The van der Waals surface area contributed by atoms with Crippen LogP contribution in [0.2, 0.25) is 5.02 Å². The van der Waals surface area contributed by atoms with Crippen molar-refractivity contribution >= 4 is 28.5 Å². The van der Waals surface area contributed by atoms with Crippen molar-refractivity contribution in [3.63, 3.8) is 0 Å². The molecule has 3 rings (SSSR count). The number of esters is 1. The van der Waals surface area contributed by atoms with Crippen molar-refractivity contribution in [3.8, 4) is 5.75 Å². The molecule has 1 aromatic heterocycles. The lowest BCUT2D eigenvalue weighted by atomic mass is 10.1. The smallest absolute Gasteiger partial charge is 0.351 e. The van der Waals surface area contributed by atoms with Crippen LogP contribution in [0, 0.1) is 6.92 Å². The van der Waals surface area contributed by atoms with Crippen molar-refractivity contribution in [3.05, 3.63) is 75.1 Å². The number of ether oxygens (including phenoxy) is 2. The molecule has 0 fully saturated rings. The van der Waals surface area contributed by atoms with Crippen molar-refractivity contribution in [1.29, 1.82) is 0 Å². The molecule has 0 saturated heterocycles. The molecule has 1 atom stereocenters. The van der Waals surface area contributed by atoms with Crippen LogP contribution >= 0.6 is 11.6 Å². The van der Waals surface area contributed by atoms with Gasteiger partial charge in [0.25, 0.3) is 0 Å². The molecule has 3 aromatic rings. The van der Waals surface area contributed by atoms with Crippen molar-refractivity contribution < 1.29 is 18.7 Å². The summed E-state index contributed by atoms with van der Waals surface area (Å²) >= 11 is 6.30. The maximum absolute atomic E-state index is 12.1. The van der Waals surface area contributed by atoms with Crippen LogP contribution in [-0.2, 0) is 9.53 Å². The fraction of sp³-hybridized carbons (Fsp3) is 0.158. The highest BCUT2D eigenvalue weighted by molar-refractivity contribution is 6.32. The monoisotopic (exact) mass is 358 g/mol. The van der Waals surface area contributed by atoms with E-state index in [9.17, 15) is 9.59 Å². The fourth-order valence-electron chi connectivity index (χ4n) is 2.52. The maximum Gasteiger partial charge on any atom is 0.351 e. The second-order valence-electron chi connectivity index (χ2n) is 5.46. The molecule has 0 aliphatic rings. The topological polar surface area (TPSA) is 65.7 Å². The number of benzene rings is 2. The Morgan fingerprint density at radius 3 is 2.56 bits per heavy atom. The van der Waals surface area contributed by atoms with E-state index in [1.807, 2.05) is 6.07 Å². The largest absolute Gasteiger partial charge is 0.472 e. The number of hydrogen-bond donors (Lipinski definition) is 0. The van der Waals surface area contributed by atoms with Gasteiger partial charge in [-0.05, 0) is 18.6 Å². The zero-order valence-corrected chi connectivity index (χ0v) is 14.4. The molecule has 6 heteroatoms. The first-order valence-corrected chi connectivity index (χ1v) is 7.91. The Bertz CT molecular complexity index is 978. The predicted molar refractivity (Wildman–Crippen MR) is 94.1 cm³/mol. The molecular weight excluding hydrogens is 344 g/mol. The van der Waals surface area contributed by atoms with Gasteiger partial charge >= 0.3 is 11.6 Å². The minimum Gasteiger partial charge on any atom is -0.472 e. The van der Waals surface area contributed by atoms with E-state index in [-0.39, 0.29) is 5.75 Å². The SMILES string of the molecule is COC(=O)[C@@H](Oc1cc2oc(=O)cc(C)c2cc1Cl)c1ccccc1. The Labute approximate surface area is 148 Å². The lowest BCUT2D eigenvalue weighted by molar-refractivity contribution is -0.149. The molecule has 2 aromatic carbocycles. The van der Waals surface area contributed by atoms with Crippen molar-refractivity contribution in [2.45, 2.75) is 13.0 Å². The molecule has 1 heterocycles. The number of carbonyl (C=O) groups excluding carboxylic acids is 1. The Kier molecular flexibility index (Phi) is 4.76. The summed E-state index contributed by atoms with van der Waals surface area (Å²) in [5.41, 5.74) is 1.23. The average molecular weight is 359 g/mol. The highest BCUT2D eigenvalue weighted by Crippen LogP contribution is 2.34. The van der Waals surface area contributed by atoms with E-state index in [0.717, 1.165) is 5.56 Å². The third-order valence-corrected chi connectivity index (χ3v) is 4.06. The zero-order chi connectivity index (χ0) is 18.0. The van der Waals surface area contributed by atoms with Gasteiger partial charge in [0.15, 0.2) is 0 Å². The molecule has 0 radical (unpaired) electrons. The molecule has 0 saturated carbocycles. The Hall–Kier alpha value is -2.79. The normalized spacial score (nSPS) is 12.0. The molecule has 128 valence electrons. The molecule has 0 bridgehead atoms. The van der Waals surface area contributed by atoms with Gasteiger partial charge < -0.3 is 13.9 Å². The number of hydrogen-bond acceptors (Lipinski definition) is 5. The van der Waals surface area contributed by atoms with Gasteiger partial charge in [0, 0.05) is 23.1 Å². The lowest BCUT2D eigenvalue weighted by Gasteiger charge is -2.18. The third kappa shape index (κ3) is 3.51. The van der Waals surface area contributed by atoms with E-state index in [4.69, 9.17) is 25.5 Å². The van der Waals surface area contributed by atoms with E-state index in [1.54, 1.807) is 37.3 Å². The van der Waals surface area contributed by atoms with Gasteiger partial charge in [0.1, 0.15) is 11.3 Å². The number of rotatable bonds is 4. The van der Waals surface area contributed by atoms with Crippen LogP contribution in [0.1, 0.15) is 17.2 Å². The second-order valence-corrected chi connectivity index (χ2v) is 5.87. The Balaban J connectivity index is 2.06. The fourth-order valence-corrected chi connectivity index (χ4v) is 2.73. The molecule has 0 unspecified atom stereocenters. The van der Waals surface area contributed by atoms with Gasteiger partial charge in [0.2, 0.25) is 6.10 Å². The van der Waals surface area contributed by atoms with E-state index in [2.05, 4.69) is 0 Å². The summed E-state index contributed by atoms with van der Waals surface area (Å²) in [6.45, 7) is 1.79. The van der Waals surface area contributed by atoms with Gasteiger partial charge in [-0.1, -0.05) is 41.9 Å². The highest BCUT2D eigenvalue weighted by Gasteiger charge is 2.25. The Morgan fingerprint density at radius 2 is 1.88 bits per heavy atom. The van der Waals surface area contributed by atoms with Crippen LogP contribution in [0.25, 0.3) is 11.0 Å². The van der Waals surface area contributed by atoms with Crippen LogP contribution in [0.4, 0.5) is 0 Å². The molecule has 5 nitrogen and oxygen atoms in total. The summed E-state index contributed by atoms with van der Waals surface area (Å²) in [5, 5.41) is 1.00. The van der Waals surface area contributed by atoms with Crippen LogP contribution in [0.15, 0.2) is 57.7 Å². The standard InChI is InChI=1S/C19H15ClO5/c1-11-8-17(21)24-15-10-16(14(20)9-13(11)15)25-18(19(22)23-2)12-6-4-3-5-7-12/h3-10,18H,1-2H3/t18-/m0/s1. The van der Waals surface area contributed by atoms with Gasteiger partial charge in [-0.15, -0.1) is 0 Å². The summed E-state index contributed by atoms with van der Waals surface area (Å²) < 4.78 is 15.8. The lowest BCUT2D eigenvalue weighted by Crippen LogP contribution is -2.20. The first-order valence-electron chi connectivity index (χ1n) is 7.53. The van der Waals surface area contributed by atoms with E-state index < -0.39 is 17.7 Å². The van der Waals surface area contributed by atoms with Gasteiger partial charge in [-0.25, -0.2) is 9.59 Å². The van der Waals surface area contributed by atoms with Gasteiger partial charge in [-0.2, -0.15) is 0 Å². The summed E-state index contributed by atoms with van der Waals surface area (Å²) in [7, 11) is 1.28. The molecular formula is C19H15ClO5. The quantitative estimate of drug-likeness (QED) is 0.520. The summed E-state index contributed by atoms with van der Waals surface area (Å²) in [6.07, 6.45) is -0.988. The number of aryl methyl sites for hydroxylation is 1. The molecule has 0 spiro atoms. The van der Waals surface area contributed by atoms with Crippen molar-refractivity contribution in [2.75, 3.05) is 7.11 Å².